The zero-order valence-corrected chi connectivity index (χ0v) is 10.8. The van der Waals surface area contributed by atoms with E-state index in [4.69, 9.17) is 14.6 Å². The van der Waals surface area contributed by atoms with Crippen LogP contribution < -0.4 is 14.8 Å². The van der Waals surface area contributed by atoms with Crippen LogP contribution in [0.2, 0.25) is 0 Å². The Bertz CT molecular complexity index is 492. The predicted molar refractivity (Wildman–Crippen MR) is 66.0 cm³/mol. The Labute approximate surface area is 110 Å². The maximum Gasteiger partial charge on any atom is 0.307 e. The molecule has 1 aliphatic heterocycles. The second kappa shape index (κ2) is 5.44. The van der Waals surface area contributed by atoms with Crippen LogP contribution in [0.4, 0.5) is 4.39 Å². The van der Waals surface area contributed by atoms with E-state index in [1.165, 1.54) is 20.3 Å². The number of ether oxygens (including phenoxy) is 2. The number of benzene rings is 1. The number of nitrogens with one attached hydrogen (secondary N) is 1. The Hall–Kier alpha value is -1.82. The molecule has 2 unspecified atom stereocenters. The summed E-state index contributed by atoms with van der Waals surface area (Å²) in [6, 6.07) is 2.72. The second-order valence-corrected chi connectivity index (χ2v) is 4.43. The fraction of sp³-hybridized carbons (Fsp3) is 0.462. The van der Waals surface area contributed by atoms with Crippen LogP contribution in [0.3, 0.4) is 0 Å². The van der Waals surface area contributed by atoms with Crippen molar-refractivity contribution in [3.05, 3.63) is 23.5 Å². The first-order valence-electron chi connectivity index (χ1n) is 5.95. The fourth-order valence-corrected chi connectivity index (χ4v) is 2.39. The van der Waals surface area contributed by atoms with Crippen LogP contribution in [0.5, 0.6) is 11.5 Å². The number of hydrogen-bond donors (Lipinski definition) is 2. The van der Waals surface area contributed by atoms with Crippen molar-refractivity contribution in [2.24, 2.45) is 5.92 Å². The number of carbonyl (C=O) groups is 1. The van der Waals surface area contributed by atoms with Gasteiger partial charge < -0.3 is 19.9 Å². The molecule has 0 aliphatic carbocycles. The van der Waals surface area contributed by atoms with Crippen molar-refractivity contribution in [1.82, 2.24) is 5.32 Å². The molecule has 2 atom stereocenters. The van der Waals surface area contributed by atoms with E-state index < -0.39 is 17.7 Å². The summed E-state index contributed by atoms with van der Waals surface area (Å²) < 4.78 is 23.8. The smallest absolute Gasteiger partial charge is 0.307 e. The lowest BCUT2D eigenvalue weighted by molar-refractivity contribution is -0.141. The van der Waals surface area contributed by atoms with Crippen LogP contribution in [0.15, 0.2) is 12.1 Å². The molecule has 1 saturated heterocycles. The van der Waals surface area contributed by atoms with E-state index in [-0.39, 0.29) is 11.8 Å². The Kier molecular flexibility index (Phi) is 3.90. The summed E-state index contributed by atoms with van der Waals surface area (Å²) in [5.74, 6) is -1.42. The van der Waals surface area contributed by atoms with Crippen LogP contribution >= 0.6 is 0 Å². The molecule has 6 heteroatoms. The zero-order valence-electron chi connectivity index (χ0n) is 10.8. The highest BCUT2D eigenvalue weighted by Gasteiger charge is 2.32. The highest BCUT2D eigenvalue weighted by Crippen LogP contribution is 2.40. The van der Waals surface area contributed by atoms with Crippen molar-refractivity contribution in [3.8, 4) is 11.5 Å². The van der Waals surface area contributed by atoms with Crippen molar-refractivity contribution < 1.29 is 23.8 Å². The Balaban J connectivity index is 2.33. The number of halogens is 1. The van der Waals surface area contributed by atoms with Gasteiger partial charge in [0.25, 0.3) is 0 Å². The average molecular weight is 269 g/mol. The number of carboxylic acids is 1. The number of carboxylic acid groups (broad SMARTS) is 1. The van der Waals surface area contributed by atoms with Gasteiger partial charge in [-0.05, 0) is 12.5 Å². The zero-order chi connectivity index (χ0) is 14.0. The second-order valence-electron chi connectivity index (χ2n) is 4.43. The summed E-state index contributed by atoms with van der Waals surface area (Å²) in [6.07, 6.45) is 0.445. The molecular formula is C13H16FNO4. The molecule has 1 fully saturated rings. The van der Waals surface area contributed by atoms with Gasteiger partial charge in [-0.1, -0.05) is 6.07 Å². The van der Waals surface area contributed by atoms with Gasteiger partial charge in [-0.25, -0.2) is 4.39 Å². The first-order valence-corrected chi connectivity index (χ1v) is 5.95. The Morgan fingerprint density at radius 3 is 2.58 bits per heavy atom. The van der Waals surface area contributed by atoms with E-state index in [0.29, 0.717) is 24.3 Å². The first-order chi connectivity index (χ1) is 9.08. The lowest BCUT2D eigenvalue weighted by Crippen LogP contribution is -2.17. The number of methoxy groups -OCH3 is 2. The predicted octanol–water partition coefficient (Wildman–Crippen LogP) is 1.58. The maximum absolute atomic E-state index is 13.6. The molecular weight excluding hydrogens is 253 g/mol. The lowest BCUT2D eigenvalue weighted by atomic mass is 9.99. The maximum atomic E-state index is 13.6. The molecule has 0 bridgehead atoms. The van der Waals surface area contributed by atoms with E-state index in [2.05, 4.69) is 5.32 Å². The molecule has 0 amide bonds. The Morgan fingerprint density at radius 2 is 2.05 bits per heavy atom. The Morgan fingerprint density at radius 1 is 1.37 bits per heavy atom. The summed E-state index contributed by atoms with van der Waals surface area (Å²) >= 11 is 0. The molecule has 0 spiro atoms. The molecule has 0 saturated carbocycles. The van der Waals surface area contributed by atoms with Gasteiger partial charge in [-0.3, -0.25) is 4.79 Å². The van der Waals surface area contributed by atoms with E-state index in [1.54, 1.807) is 6.07 Å². The molecule has 1 aliphatic rings. The van der Waals surface area contributed by atoms with Crippen molar-refractivity contribution in [3.63, 3.8) is 0 Å². The molecule has 1 heterocycles. The minimum absolute atomic E-state index is 0.0422. The number of hydrogen-bond acceptors (Lipinski definition) is 4. The largest absolute Gasteiger partial charge is 0.492 e. The summed E-state index contributed by atoms with van der Waals surface area (Å²) in [7, 11) is 2.80. The molecule has 0 aromatic heterocycles. The quantitative estimate of drug-likeness (QED) is 0.868. The number of rotatable bonds is 4. The topological polar surface area (TPSA) is 67.8 Å². The highest BCUT2D eigenvalue weighted by molar-refractivity contribution is 5.71. The molecule has 1 aromatic carbocycles. The van der Waals surface area contributed by atoms with Gasteiger partial charge >= 0.3 is 5.97 Å². The minimum Gasteiger partial charge on any atom is -0.492 e. The van der Waals surface area contributed by atoms with Crippen LogP contribution in [-0.4, -0.2) is 31.8 Å². The van der Waals surface area contributed by atoms with Crippen LogP contribution in [0.1, 0.15) is 18.0 Å². The average Bonchev–Trinajstić information content (AvgIpc) is 2.87. The van der Waals surface area contributed by atoms with Crippen LogP contribution in [-0.2, 0) is 4.79 Å². The summed E-state index contributed by atoms with van der Waals surface area (Å²) in [5, 5.41) is 12.1. The lowest BCUT2D eigenvalue weighted by Gasteiger charge is -2.17. The molecule has 1 aromatic rings. The van der Waals surface area contributed by atoms with E-state index in [1.807, 2.05) is 0 Å². The van der Waals surface area contributed by atoms with Gasteiger partial charge in [0.15, 0.2) is 17.3 Å². The van der Waals surface area contributed by atoms with Gasteiger partial charge in [-0.15, -0.1) is 0 Å². The monoisotopic (exact) mass is 269 g/mol. The van der Waals surface area contributed by atoms with Gasteiger partial charge in [0.2, 0.25) is 0 Å². The summed E-state index contributed by atoms with van der Waals surface area (Å²) in [6.45, 7) is 0.392. The van der Waals surface area contributed by atoms with E-state index in [9.17, 15) is 9.18 Å². The standard InChI is InChI=1S/C13H16FNO4/c1-18-11-8(3-4-9(14)12(11)19-2)10-5-7(6-15-10)13(16)17/h3-4,7,10,15H,5-6H2,1-2H3,(H,16,17). The number of aliphatic carboxylic acids is 1. The van der Waals surface area contributed by atoms with Gasteiger partial charge in [0.05, 0.1) is 20.1 Å². The van der Waals surface area contributed by atoms with Crippen molar-refractivity contribution in [2.75, 3.05) is 20.8 Å². The summed E-state index contributed by atoms with van der Waals surface area (Å²) in [5.41, 5.74) is 0.713. The van der Waals surface area contributed by atoms with Gasteiger partial charge in [0, 0.05) is 18.2 Å². The molecule has 2 rings (SSSR count). The van der Waals surface area contributed by atoms with Crippen molar-refractivity contribution >= 4 is 5.97 Å². The SMILES string of the molecule is COc1c(F)ccc(C2CC(C(=O)O)CN2)c1OC. The molecule has 0 radical (unpaired) electrons. The van der Waals surface area contributed by atoms with Gasteiger partial charge in [-0.2, -0.15) is 0 Å². The normalized spacial score (nSPS) is 22.3. The van der Waals surface area contributed by atoms with E-state index >= 15 is 0 Å². The third kappa shape index (κ3) is 2.49. The minimum atomic E-state index is -0.831. The molecule has 5 nitrogen and oxygen atoms in total. The van der Waals surface area contributed by atoms with Crippen LogP contribution in [0, 0.1) is 11.7 Å². The molecule has 104 valence electrons. The fourth-order valence-electron chi connectivity index (χ4n) is 2.39. The first kappa shape index (κ1) is 13.6. The van der Waals surface area contributed by atoms with Crippen molar-refractivity contribution in [2.45, 2.75) is 12.5 Å². The molecule has 2 N–H and O–H groups in total. The van der Waals surface area contributed by atoms with Crippen molar-refractivity contribution in [1.29, 1.82) is 0 Å². The third-order valence-electron chi connectivity index (χ3n) is 3.36. The van der Waals surface area contributed by atoms with Gasteiger partial charge in [0.1, 0.15) is 0 Å². The van der Waals surface area contributed by atoms with Crippen LogP contribution in [0.25, 0.3) is 0 Å². The summed E-state index contributed by atoms with van der Waals surface area (Å²) in [4.78, 5) is 11.0. The molecule has 19 heavy (non-hydrogen) atoms. The van der Waals surface area contributed by atoms with E-state index in [0.717, 1.165) is 0 Å². The highest BCUT2D eigenvalue weighted by atomic mass is 19.1. The third-order valence-corrected chi connectivity index (χ3v) is 3.36.